The number of benzene rings is 2. The molecule has 6 heteroatoms. The van der Waals surface area contributed by atoms with Gasteiger partial charge >= 0.3 is 5.97 Å². The highest BCUT2D eigenvalue weighted by atomic mass is 16.6. The molecular weight excluding hydrogens is 488 g/mol. The van der Waals surface area contributed by atoms with E-state index in [2.05, 4.69) is 17.5 Å². The number of nitrogens with one attached hydrogen (secondary N) is 1. The van der Waals surface area contributed by atoms with Gasteiger partial charge in [-0.15, -0.1) is 0 Å². The molecule has 0 unspecified atom stereocenters. The molecule has 1 N–H and O–H groups in total. The number of hydrazone groups is 1. The van der Waals surface area contributed by atoms with Crippen LogP contribution in [0.15, 0.2) is 53.6 Å². The maximum absolute atomic E-state index is 12.3. The summed E-state index contributed by atoms with van der Waals surface area (Å²) in [5, 5.41) is 4.06. The molecule has 2 aromatic rings. The van der Waals surface area contributed by atoms with Crippen molar-refractivity contribution in [1.82, 2.24) is 5.43 Å². The van der Waals surface area contributed by atoms with Crippen LogP contribution in [0.5, 0.6) is 11.5 Å². The molecule has 0 bridgehead atoms. The first-order chi connectivity index (χ1) is 19.1. The molecule has 214 valence electrons. The van der Waals surface area contributed by atoms with Crippen LogP contribution in [-0.2, 0) is 4.79 Å². The molecule has 0 heterocycles. The fraction of sp³-hybridized carbons (Fsp3) is 0.545. The molecule has 2 rings (SSSR count). The van der Waals surface area contributed by atoms with Gasteiger partial charge in [-0.25, -0.2) is 10.2 Å². The molecule has 0 aliphatic heterocycles. The highest BCUT2D eigenvalue weighted by Gasteiger charge is 2.12. The van der Waals surface area contributed by atoms with E-state index in [4.69, 9.17) is 9.47 Å². The van der Waals surface area contributed by atoms with Crippen molar-refractivity contribution in [3.8, 4) is 11.5 Å². The fourth-order valence-corrected chi connectivity index (χ4v) is 4.47. The number of hydrogen-bond donors (Lipinski definition) is 1. The molecule has 6 nitrogen and oxygen atoms in total. The van der Waals surface area contributed by atoms with E-state index in [1.165, 1.54) is 90.6 Å². The number of amides is 1. The molecule has 0 atom stereocenters. The normalized spacial score (nSPS) is 11.0. The van der Waals surface area contributed by atoms with Gasteiger partial charge in [0, 0.05) is 6.42 Å². The van der Waals surface area contributed by atoms with Crippen LogP contribution in [0.4, 0.5) is 0 Å². The van der Waals surface area contributed by atoms with Crippen LogP contribution in [-0.4, -0.2) is 25.2 Å². The minimum Gasteiger partial charge on any atom is -0.493 e. The van der Waals surface area contributed by atoms with Crippen LogP contribution < -0.4 is 14.9 Å². The summed E-state index contributed by atoms with van der Waals surface area (Å²) in [7, 11) is 1.51. The number of ether oxygens (including phenoxy) is 2. The van der Waals surface area contributed by atoms with E-state index in [1.54, 1.807) is 48.7 Å². The van der Waals surface area contributed by atoms with Crippen LogP contribution in [0.1, 0.15) is 126 Å². The summed E-state index contributed by atoms with van der Waals surface area (Å²) in [6.45, 7) is 2.27. The van der Waals surface area contributed by atoms with Gasteiger partial charge in [0.15, 0.2) is 11.5 Å². The molecule has 2 aromatic carbocycles. The minimum atomic E-state index is -0.457. The van der Waals surface area contributed by atoms with Crippen molar-refractivity contribution >= 4 is 18.1 Å². The second kappa shape index (κ2) is 20.8. The Balaban J connectivity index is 1.53. The summed E-state index contributed by atoms with van der Waals surface area (Å²) < 4.78 is 10.8. The van der Waals surface area contributed by atoms with Crippen LogP contribution in [0.25, 0.3) is 0 Å². The molecule has 0 fully saturated rings. The first kappa shape index (κ1) is 32.1. The number of nitrogens with zero attached hydrogens (tertiary/aromatic N) is 1. The number of carbonyl (C=O) groups is 2. The standard InChI is InChI=1S/C33H48N2O4/c1-3-4-5-6-7-8-9-10-11-12-13-14-15-16-20-23-32(36)35-34-27-28-24-25-30(31(26-28)38-2)39-33(37)29-21-18-17-19-22-29/h17-19,21-22,24-27H,3-16,20,23H2,1-2H3,(H,35,36). The van der Waals surface area contributed by atoms with E-state index in [0.717, 1.165) is 18.4 Å². The van der Waals surface area contributed by atoms with E-state index >= 15 is 0 Å². The first-order valence-electron chi connectivity index (χ1n) is 14.9. The van der Waals surface area contributed by atoms with Crippen LogP contribution in [0.3, 0.4) is 0 Å². The predicted molar refractivity (Wildman–Crippen MR) is 160 cm³/mol. The summed E-state index contributed by atoms with van der Waals surface area (Å²) in [5.74, 6) is 0.191. The lowest BCUT2D eigenvalue weighted by atomic mass is 10.0. The zero-order valence-corrected chi connectivity index (χ0v) is 24.1. The van der Waals surface area contributed by atoms with Gasteiger partial charge in [-0.05, 0) is 42.3 Å². The largest absolute Gasteiger partial charge is 0.493 e. The molecule has 39 heavy (non-hydrogen) atoms. The van der Waals surface area contributed by atoms with Gasteiger partial charge in [0.25, 0.3) is 0 Å². The van der Waals surface area contributed by atoms with Crippen molar-refractivity contribution < 1.29 is 19.1 Å². The summed E-state index contributed by atoms with van der Waals surface area (Å²) in [4.78, 5) is 24.4. The fourth-order valence-electron chi connectivity index (χ4n) is 4.47. The lowest BCUT2D eigenvalue weighted by Gasteiger charge is -2.10. The Bertz CT molecular complexity index is 975. The SMILES string of the molecule is CCCCCCCCCCCCCCCCCC(=O)NN=Cc1ccc(OC(=O)c2ccccc2)c(OC)c1. The van der Waals surface area contributed by atoms with Crippen molar-refractivity contribution in [2.24, 2.45) is 5.10 Å². The van der Waals surface area contributed by atoms with E-state index in [-0.39, 0.29) is 5.91 Å². The highest BCUT2D eigenvalue weighted by molar-refractivity contribution is 5.91. The molecule has 0 aliphatic carbocycles. The Morgan fingerprint density at radius 2 is 1.31 bits per heavy atom. The maximum atomic E-state index is 12.3. The second-order valence-electron chi connectivity index (χ2n) is 10.2. The monoisotopic (exact) mass is 536 g/mol. The summed E-state index contributed by atoms with van der Waals surface area (Å²) in [5.41, 5.74) is 3.77. The Labute approximate surface area is 235 Å². The average Bonchev–Trinajstić information content (AvgIpc) is 2.96. The van der Waals surface area contributed by atoms with Crippen molar-refractivity contribution in [2.75, 3.05) is 7.11 Å². The Morgan fingerprint density at radius 1 is 0.744 bits per heavy atom. The Morgan fingerprint density at radius 3 is 1.87 bits per heavy atom. The zero-order valence-electron chi connectivity index (χ0n) is 24.1. The van der Waals surface area contributed by atoms with E-state index < -0.39 is 5.97 Å². The number of hydrogen-bond acceptors (Lipinski definition) is 5. The summed E-state index contributed by atoms with van der Waals surface area (Å²) in [6.07, 6.45) is 21.6. The van der Waals surface area contributed by atoms with Crippen LogP contribution in [0.2, 0.25) is 0 Å². The topological polar surface area (TPSA) is 77.0 Å². The van der Waals surface area contributed by atoms with Gasteiger partial charge in [0.05, 0.1) is 18.9 Å². The van der Waals surface area contributed by atoms with Crippen molar-refractivity contribution in [2.45, 2.75) is 110 Å². The minimum absolute atomic E-state index is 0.0821. The highest BCUT2D eigenvalue weighted by Crippen LogP contribution is 2.28. The van der Waals surface area contributed by atoms with Gasteiger partial charge in [0.1, 0.15) is 0 Å². The summed E-state index contributed by atoms with van der Waals surface area (Å²) in [6, 6.07) is 13.9. The zero-order chi connectivity index (χ0) is 28.0. The van der Waals surface area contributed by atoms with Crippen molar-refractivity contribution in [3.05, 3.63) is 59.7 Å². The Hall–Kier alpha value is -3.15. The van der Waals surface area contributed by atoms with Gasteiger partial charge in [-0.1, -0.05) is 115 Å². The average molecular weight is 537 g/mol. The molecule has 0 saturated heterocycles. The van der Waals surface area contributed by atoms with Crippen LogP contribution >= 0.6 is 0 Å². The molecular formula is C33H48N2O4. The second-order valence-corrected chi connectivity index (χ2v) is 10.2. The molecule has 0 aliphatic rings. The molecule has 0 aromatic heterocycles. The van der Waals surface area contributed by atoms with Gasteiger partial charge in [-0.3, -0.25) is 4.79 Å². The van der Waals surface area contributed by atoms with Gasteiger partial charge < -0.3 is 9.47 Å². The third kappa shape index (κ3) is 14.5. The smallest absolute Gasteiger partial charge is 0.343 e. The van der Waals surface area contributed by atoms with E-state index in [1.807, 2.05) is 6.07 Å². The van der Waals surface area contributed by atoms with E-state index in [9.17, 15) is 9.59 Å². The third-order valence-corrected chi connectivity index (χ3v) is 6.81. The molecule has 0 spiro atoms. The summed E-state index contributed by atoms with van der Waals surface area (Å²) >= 11 is 0. The molecule has 0 saturated carbocycles. The first-order valence-corrected chi connectivity index (χ1v) is 14.9. The van der Waals surface area contributed by atoms with E-state index in [0.29, 0.717) is 23.5 Å². The number of carbonyl (C=O) groups excluding carboxylic acids is 2. The van der Waals surface area contributed by atoms with Gasteiger partial charge in [0.2, 0.25) is 5.91 Å². The number of rotatable bonds is 21. The van der Waals surface area contributed by atoms with Crippen molar-refractivity contribution in [3.63, 3.8) is 0 Å². The Kier molecular flexibility index (Phi) is 17.1. The lowest BCUT2D eigenvalue weighted by molar-refractivity contribution is -0.121. The van der Waals surface area contributed by atoms with Crippen molar-refractivity contribution in [1.29, 1.82) is 0 Å². The number of methoxy groups -OCH3 is 1. The molecule has 0 radical (unpaired) electrons. The molecule has 1 amide bonds. The number of esters is 1. The van der Waals surface area contributed by atoms with Crippen LogP contribution in [0, 0.1) is 0 Å². The number of unbranched alkanes of at least 4 members (excludes halogenated alkanes) is 14. The third-order valence-electron chi connectivity index (χ3n) is 6.81. The predicted octanol–water partition coefficient (Wildman–Crippen LogP) is 8.63. The maximum Gasteiger partial charge on any atom is 0.343 e. The van der Waals surface area contributed by atoms with Gasteiger partial charge in [-0.2, -0.15) is 5.10 Å². The quantitative estimate of drug-likeness (QED) is 0.0569. The lowest BCUT2D eigenvalue weighted by Crippen LogP contribution is -2.16.